The number of hydrogen-bond donors (Lipinski definition) is 3. The molecule has 0 bridgehead atoms. The molecule has 1 amide bonds. The lowest BCUT2D eigenvalue weighted by Crippen LogP contribution is -2.35. The van der Waals surface area contributed by atoms with Gasteiger partial charge in [0.1, 0.15) is 11.4 Å². The van der Waals surface area contributed by atoms with Gasteiger partial charge in [-0.2, -0.15) is 5.12 Å². The molecule has 0 aliphatic rings. The normalized spacial score (nSPS) is 11.9. The molecule has 0 aliphatic carbocycles. The van der Waals surface area contributed by atoms with E-state index in [-0.39, 0.29) is 18.9 Å². The van der Waals surface area contributed by atoms with Gasteiger partial charge in [-0.15, -0.1) is 15.2 Å². The summed E-state index contributed by atoms with van der Waals surface area (Å²) in [4.78, 5) is 31.5. The van der Waals surface area contributed by atoms with Crippen molar-refractivity contribution in [3.05, 3.63) is 87.0 Å². The highest BCUT2D eigenvalue weighted by Gasteiger charge is 2.25. The van der Waals surface area contributed by atoms with Gasteiger partial charge in [0.15, 0.2) is 5.84 Å². The van der Waals surface area contributed by atoms with E-state index in [0.29, 0.717) is 35.8 Å². The van der Waals surface area contributed by atoms with E-state index in [4.69, 9.17) is 16.6 Å². The molecule has 41 heavy (non-hydrogen) atoms. The van der Waals surface area contributed by atoms with Gasteiger partial charge < -0.3 is 20.2 Å². The number of imidazole rings is 1. The second-order valence-corrected chi connectivity index (χ2v) is 10.3. The Hall–Kier alpha value is -4.29. The van der Waals surface area contributed by atoms with Crippen LogP contribution in [-0.2, 0) is 28.2 Å². The predicted molar refractivity (Wildman–Crippen MR) is 156 cm³/mol. The van der Waals surface area contributed by atoms with Crippen LogP contribution >= 0.6 is 0 Å². The third kappa shape index (κ3) is 8.35. The highest BCUT2D eigenvalue weighted by Crippen LogP contribution is 2.27. The molecule has 0 aliphatic heterocycles. The van der Waals surface area contributed by atoms with Crippen molar-refractivity contribution >= 4 is 11.7 Å². The second-order valence-electron chi connectivity index (χ2n) is 10.3. The Morgan fingerprint density at radius 2 is 1.88 bits per heavy atom. The van der Waals surface area contributed by atoms with Gasteiger partial charge in [0.05, 0.1) is 12.3 Å². The van der Waals surface area contributed by atoms with E-state index in [9.17, 15) is 20.0 Å². The molecule has 0 saturated heterocycles. The number of unbranched alkanes of at least 4 members (excludes halogenated alkanes) is 1. The average Bonchev–Trinajstić information content (AvgIpc) is 3.24. The molecule has 12 nitrogen and oxygen atoms in total. The topological polar surface area (TPSA) is 175 Å². The number of hydrazone groups is 1. The zero-order valence-corrected chi connectivity index (χ0v) is 24.0. The maximum Gasteiger partial charge on any atom is 0.294 e. The van der Waals surface area contributed by atoms with Crippen LogP contribution in [0.1, 0.15) is 74.8 Å². The quantitative estimate of drug-likeness (QED) is 0.0503. The van der Waals surface area contributed by atoms with Crippen LogP contribution in [0.3, 0.4) is 0 Å². The van der Waals surface area contributed by atoms with Crippen LogP contribution in [-0.4, -0.2) is 43.2 Å². The van der Waals surface area contributed by atoms with Crippen molar-refractivity contribution in [2.75, 3.05) is 6.61 Å². The summed E-state index contributed by atoms with van der Waals surface area (Å²) in [6.07, 6.45) is 2.50. The molecule has 0 saturated carbocycles. The summed E-state index contributed by atoms with van der Waals surface area (Å²) in [5.74, 6) is 6.39. The molecule has 0 atom stereocenters. The van der Waals surface area contributed by atoms with Crippen molar-refractivity contribution < 1.29 is 19.8 Å². The first-order valence-electron chi connectivity index (χ1n) is 13.6. The zero-order valence-electron chi connectivity index (χ0n) is 24.0. The first-order valence-corrected chi connectivity index (χ1v) is 13.6. The van der Waals surface area contributed by atoms with Crippen LogP contribution in [0.5, 0.6) is 0 Å². The van der Waals surface area contributed by atoms with Gasteiger partial charge in [-0.25, -0.2) is 10.8 Å². The van der Waals surface area contributed by atoms with E-state index >= 15 is 0 Å². The van der Waals surface area contributed by atoms with Gasteiger partial charge in [-0.3, -0.25) is 4.79 Å². The Labute approximate surface area is 239 Å². The fraction of sp³-hybridized carbons (Fsp3) is 0.414. The third-order valence-corrected chi connectivity index (χ3v) is 6.61. The lowest BCUT2D eigenvalue weighted by atomic mass is 9.98. The van der Waals surface area contributed by atoms with Gasteiger partial charge in [0, 0.05) is 30.6 Å². The molecular formula is C29H39N7O5. The number of carbonyl (C=O) groups excluding carboxylic acids is 1. The van der Waals surface area contributed by atoms with E-state index in [1.165, 1.54) is 0 Å². The first-order chi connectivity index (χ1) is 19.4. The molecule has 12 heteroatoms. The summed E-state index contributed by atoms with van der Waals surface area (Å²) in [5.41, 5.74) is 10.3. The fourth-order valence-electron chi connectivity index (χ4n) is 4.58. The smallest absolute Gasteiger partial charge is 0.294 e. The molecule has 2 aromatic carbocycles. The van der Waals surface area contributed by atoms with Gasteiger partial charge in [-0.1, -0.05) is 55.5 Å². The van der Waals surface area contributed by atoms with Crippen molar-refractivity contribution in [2.45, 2.75) is 71.9 Å². The van der Waals surface area contributed by atoms with Crippen LogP contribution in [0.15, 0.2) is 53.6 Å². The Bertz CT molecular complexity index is 1380. The zero-order chi connectivity index (χ0) is 30.2. The second kappa shape index (κ2) is 13.9. The van der Waals surface area contributed by atoms with Crippen molar-refractivity contribution in [2.24, 2.45) is 16.7 Å². The number of hydrazine groups is 1. The number of rotatable bonds is 14. The fourth-order valence-corrected chi connectivity index (χ4v) is 4.58. The van der Waals surface area contributed by atoms with Crippen LogP contribution in [0.4, 0.5) is 0 Å². The predicted octanol–water partition coefficient (Wildman–Crippen LogP) is 3.79. The molecule has 1 aromatic heterocycles. The van der Waals surface area contributed by atoms with Crippen LogP contribution in [0.2, 0.25) is 0 Å². The molecule has 3 aromatic rings. The Kier molecular flexibility index (Phi) is 10.6. The number of nitrogens with zero attached hydrogens (tertiary/aromatic N) is 5. The lowest BCUT2D eigenvalue weighted by molar-refractivity contribution is -0.757. The maximum absolute atomic E-state index is 12.3. The minimum atomic E-state index is -1.02. The minimum absolute atomic E-state index is 0.0467. The number of benzene rings is 2. The SMILES string of the molecule is CCCc1nc(C(C)(C)O)c(C)n1Cc1ccc(-c2ccccc2/C(N)=N/N(N)C(=O)CCCCO[N+](=O)[O-])cc1. The number of carbonyl (C=O) groups is 1. The number of nitrogens with two attached hydrogens (primary N) is 2. The number of amidine groups is 1. The molecule has 5 N–H and O–H groups in total. The van der Waals surface area contributed by atoms with Gasteiger partial charge >= 0.3 is 0 Å². The van der Waals surface area contributed by atoms with Crippen molar-refractivity contribution in [3.63, 3.8) is 0 Å². The number of aromatic nitrogens is 2. The molecule has 0 unspecified atom stereocenters. The molecule has 0 fully saturated rings. The van der Waals surface area contributed by atoms with E-state index in [0.717, 1.165) is 41.1 Å². The Morgan fingerprint density at radius 1 is 1.20 bits per heavy atom. The summed E-state index contributed by atoms with van der Waals surface area (Å²) >= 11 is 0. The lowest BCUT2D eigenvalue weighted by Gasteiger charge is -2.16. The molecular weight excluding hydrogens is 526 g/mol. The van der Waals surface area contributed by atoms with Gasteiger partial charge in [0.25, 0.3) is 11.0 Å². The number of aryl methyl sites for hydroxylation is 1. The summed E-state index contributed by atoms with van der Waals surface area (Å²) in [6, 6.07) is 15.5. The van der Waals surface area contributed by atoms with Crippen molar-refractivity contribution in [3.8, 4) is 11.1 Å². The van der Waals surface area contributed by atoms with E-state index < -0.39 is 16.6 Å². The monoisotopic (exact) mass is 565 g/mol. The van der Waals surface area contributed by atoms with Crippen molar-refractivity contribution in [1.29, 1.82) is 0 Å². The van der Waals surface area contributed by atoms with Gasteiger partial charge in [-0.05, 0) is 56.7 Å². The molecule has 220 valence electrons. The Morgan fingerprint density at radius 3 is 2.51 bits per heavy atom. The number of aliphatic hydroxyl groups is 1. The molecule has 1 heterocycles. The average molecular weight is 566 g/mol. The third-order valence-electron chi connectivity index (χ3n) is 6.61. The van der Waals surface area contributed by atoms with E-state index in [1.54, 1.807) is 19.9 Å². The summed E-state index contributed by atoms with van der Waals surface area (Å²) in [6.45, 7) is 8.13. The Balaban J connectivity index is 1.76. The maximum atomic E-state index is 12.3. The standard InChI is InChI=1S/C29H39N7O5/c1-5-10-25-32-27(29(3,4)38)20(2)34(25)19-21-14-16-22(17-15-21)23-11-6-7-12-24(23)28(30)33-35(31)26(37)13-8-9-18-41-36(39)40/h6-7,11-12,14-17,38H,5,8-10,13,18-19,31H2,1-4H3,(H2,30,33). The van der Waals surface area contributed by atoms with Gasteiger partial charge in [0.2, 0.25) is 0 Å². The highest BCUT2D eigenvalue weighted by molar-refractivity contribution is 6.03. The first kappa shape index (κ1) is 31.2. The summed E-state index contributed by atoms with van der Waals surface area (Å²) in [5, 5.41) is 24.7. The highest BCUT2D eigenvalue weighted by atomic mass is 16.9. The van der Waals surface area contributed by atoms with Crippen LogP contribution < -0.4 is 11.6 Å². The summed E-state index contributed by atoms with van der Waals surface area (Å²) in [7, 11) is 0. The van der Waals surface area contributed by atoms with E-state index in [1.807, 2.05) is 49.4 Å². The number of hydrogen-bond acceptors (Lipinski definition) is 8. The molecule has 0 radical (unpaired) electrons. The largest absolute Gasteiger partial charge is 0.384 e. The van der Waals surface area contributed by atoms with Crippen molar-refractivity contribution in [1.82, 2.24) is 14.7 Å². The van der Waals surface area contributed by atoms with Crippen LogP contribution in [0.25, 0.3) is 11.1 Å². The van der Waals surface area contributed by atoms with E-state index in [2.05, 4.69) is 21.4 Å². The van der Waals surface area contributed by atoms with Crippen LogP contribution in [0, 0.1) is 17.0 Å². The molecule has 3 rings (SSSR count). The summed E-state index contributed by atoms with van der Waals surface area (Å²) < 4.78 is 2.16. The molecule has 0 spiro atoms. The number of amides is 1. The minimum Gasteiger partial charge on any atom is -0.384 e.